The second-order valence-corrected chi connectivity index (χ2v) is 5.33. The molecule has 1 amide bonds. The van der Waals surface area contributed by atoms with Gasteiger partial charge in [0.25, 0.3) is 5.91 Å². The van der Waals surface area contributed by atoms with Crippen LogP contribution in [-0.2, 0) is 4.79 Å². The van der Waals surface area contributed by atoms with E-state index in [-0.39, 0.29) is 10.6 Å². The summed E-state index contributed by atoms with van der Waals surface area (Å²) in [6, 6.07) is 4.80. The number of halogens is 2. The number of aliphatic carboxylic acids is 1. The summed E-state index contributed by atoms with van der Waals surface area (Å²) in [5, 5.41) is 11.6. The smallest absolute Gasteiger partial charge is 0.328 e. The van der Waals surface area contributed by atoms with E-state index >= 15 is 0 Å². The Hall–Kier alpha value is -1.07. The van der Waals surface area contributed by atoms with Crippen LogP contribution in [0.5, 0.6) is 0 Å². The Morgan fingerprint density at radius 1 is 1.41 bits per heavy atom. The summed E-state index contributed by atoms with van der Waals surface area (Å²) in [7, 11) is 0. The monoisotopic (exact) mass is 319 g/mol. The summed E-state index contributed by atoms with van der Waals surface area (Å²) >= 11 is 9.09. The molecule has 0 fully saturated rings. The number of carbonyl (C=O) groups is 2. The second-order valence-electron chi connectivity index (χ2n) is 4.01. The van der Waals surface area contributed by atoms with Gasteiger partial charge in [-0.15, -0.1) is 0 Å². The highest BCUT2D eigenvalue weighted by Crippen LogP contribution is 2.21. The third-order valence-electron chi connectivity index (χ3n) is 2.13. The summed E-state index contributed by atoms with van der Waals surface area (Å²) in [4.78, 5) is 22.7. The van der Waals surface area contributed by atoms with E-state index < -0.39 is 17.4 Å². The van der Waals surface area contributed by atoms with Gasteiger partial charge in [0.15, 0.2) is 0 Å². The maximum atomic E-state index is 11.9. The Kier molecular flexibility index (Phi) is 4.16. The van der Waals surface area contributed by atoms with Crippen molar-refractivity contribution in [3.05, 3.63) is 33.3 Å². The highest BCUT2D eigenvalue weighted by molar-refractivity contribution is 9.10. The molecule has 6 heteroatoms. The Balaban J connectivity index is 2.98. The number of nitrogens with one attached hydrogen (secondary N) is 1. The third-order valence-corrected chi connectivity index (χ3v) is 2.96. The number of carboxylic acid groups (broad SMARTS) is 1. The molecule has 0 heterocycles. The molecule has 0 aromatic heterocycles. The molecule has 0 aliphatic heterocycles. The zero-order valence-corrected chi connectivity index (χ0v) is 11.6. The molecule has 0 radical (unpaired) electrons. The summed E-state index contributed by atoms with van der Waals surface area (Å²) < 4.78 is 0.695. The highest BCUT2D eigenvalue weighted by atomic mass is 79.9. The van der Waals surface area contributed by atoms with E-state index in [4.69, 9.17) is 16.7 Å². The van der Waals surface area contributed by atoms with Crippen LogP contribution in [0.1, 0.15) is 24.2 Å². The van der Waals surface area contributed by atoms with Crippen molar-refractivity contribution in [3.63, 3.8) is 0 Å². The SMILES string of the molecule is CC(C)(NC(=O)c1cc(Br)ccc1Cl)C(=O)O. The zero-order chi connectivity index (χ0) is 13.2. The summed E-state index contributed by atoms with van der Waals surface area (Å²) in [5.74, 6) is -1.64. The Labute approximate surface area is 112 Å². The van der Waals surface area contributed by atoms with E-state index in [0.717, 1.165) is 0 Å². The van der Waals surface area contributed by atoms with Crippen molar-refractivity contribution in [3.8, 4) is 0 Å². The number of amides is 1. The summed E-state index contributed by atoms with van der Waals surface area (Å²) in [6.45, 7) is 2.80. The van der Waals surface area contributed by atoms with Crippen LogP contribution in [0.25, 0.3) is 0 Å². The first-order valence-electron chi connectivity index (χ1n) is 4.75. The van der Waals surface area contributed by atoms with Crippen LogP contribution in [0.2, 0.25) is 5.02 Å². The summed E-state index contributed by atoms with van der Waals surface area (Å²) in [6.07, 6.45) is 0. The number of carbonyl (C=O) groups excluding carboxylic acids is 1. The van der Waals surface area contributed by atoms with E-state index in [1.54, 1.807) is 12.1 Å². The van der Waals surface area contributed by atoms with Gasteiger partial charge in [0.05, 0.1) is 10.6 Å². The Morgan fingerprint density at radius 3 is 2.53 bits per heavy atom. The largest absolute Gasteiger partial charge is 0.480 e. The van der Waals surface area contributed by atoms with E-state index in [0.29, 0.717) is 4.47 Å². The van der Waals surface area contributed by atoms with Gasteiger partial charge in [-0.2, -0.15) is 0 Å². The van der Waals surface area contributed by atoms with E-state index in [9.17, 15) is 9.59 Å². The molecule has 1 aromatic rings. The molecule has 1 rings (SSSR count). The maximum Gasteiger partial charge on any atom is 0.328 e. The lowest BCUT2D eigenvalue weighted by Gasteiger charge is -2.21. The van der Waals surface area contributed by atoms with Crippen molar-refractivity contribution in [2.24, 2.45) is 0 Å². The average molecular weight is 321 g/mol. The first-order chi connectivity index (χ1) is 7.74. The van der Waals surface area contributed by atoms with Crippen molar-refractivity contribution in [2.45, 2.75) is 19.4 Å². The molecule has 0 saturated heterocycles. The van der Waals surface area contributed by atoms with Gasteiger partial charge in [-0.05, 0) is 32.0 Å². The second kappa shape index (κ2) is 5.06. The minimum absolute atomic E-state index is 0.232. The standard InChI is InChI=1S/C11H11BrClNO3/c1-11(2,10(16)17)14-9(15)7-5-6(12)3-4-8(7)13/h3-5H,1-2H3,(H,14,15)(H,16,17). The van der Waals surface area contributed by atoms with Crippen molar-refractivity contribution < 1.29 is 14.7 Å². The molecule has 1 aromatic carbocycles. The minimum Gasteiger partial charge on any atom is -0.480 e. The zero-order valence-electron chi connectivity index (χ0n) is 9.25. The fourth-order valence-electron chi connectivity index (χ4n) is 1.08. The van der Waals surface area contributed by atoms with Crippen LogP contribution in [-0.4, -0.2) is 22.5 Å². The molecule has 0 aliphatic carbocycles. The van der Waals surface area contributed by atoms with Crippen molar-refractivity contribution in [2.75, 3.05) is 0 Å². The molecule has 0 atom stereocenters. The summed E-state index contributed by atoms with van der Waals surface area (Å²) in [5.41, 5.74) is -1.11. The van der Waals surface area contributed by atoms with Crippen LogP contribution < -0.4 is 5.32 Å². The third kappa shape index (κ3) is 3.44. The topological polar surface area (TPSA) is 66.4 Å². The number of rotatable bonds is 3. The highest BCUT2D eigenvalue weighted by Gasteiger charge is 2.29. The predicted molar refractivity (Wildman–Crippen MR) is 68.3 cm³/mol. The first kappa shape index (κ1) is 14.0. The van der Waals surface area contributed by atoms with Crippen molar-refractivity contribution in [1.29, 1.82) is 0 Å². The lowest BCUT2D eigenvalue weighted by molar-refractivity contribution is -0.143. The van der Waals surface area contributed by atoms with Gasteiger partial charge in [-0.1, -0.05) is 27.5 Å². The van der Waals surface area contributed by atoms with Gasteiger partial charge < -0.3 is 10.4 Å². The molecule has 2 N–H and O–H groups in total. The Morgan fingerprint density at radius 2 is 2.00 bits per heavy atom. The van der Waals surface area contributed by atoms with Crippen LogP contribution in [0.3, 0.4) is 0 Å². The molecule has 0 unspecified atom stereocenters. The predicted octanol–water partition coefficient (Wildman–Crippen LogP) is 2.70. The van der Waals surface area contributed by atoms with Gasteiger partial charge in [-0.25, -0.2) is 4.79 Å². The van der Waals surface area contributed by atoms with Gasteiger partial charge in [-0.3, -0.25) is 4.79 Å². The van der Waals surface area contributed by atoms with Gasteiger partial charge in [0.2, 0.25) is 0 Å². The molecular weight excluding hydrogens is 309 g/mol. The molecular formula is C11H11BrClNO3. The molecule has 17 heavy (non-hydrogen) atoms. The van der Waals surface area contributed by atoms with Crippen molar-refractivity contribution >= 4 is 39.4 Å². The van der Waals surface area contributed by atoms with Crippen molar-refractivity contribution in [1.82, 2.24) is 5.32 Å². The normalized spacial score (nSPS) is 11.1. The van der Waals surface area contributed by atoms with Crippen LogP contribution >= 0.6 is 27.5 Å². The van der Waals surface area contributed by atoms with Gasteiger partial charge in [0, 0.05) is 4.47 Å². The number of hydrogen-bond acceptors (Lipinski definition) is 2. The number of hydrogen-bond donors (Lipinski definition) is 2. The first-order valence-corrected chi connectivity index (χ1v) is 5.92. The minimum atomic E-state index is -1.34. The van der Waals surface area contributed by atoms with Gasteiger partial charge >= 0.3 is 5.97 Å². The number of carboxylic acids is 1. The lowest BCUT2D eigenvalue weighted by Crippen LogP contribution is -2.49. The van der Waals surface area contributed by atoms with E-state index in [1.807, 2.05) is 0 Å². The van der Waals surface area contributed by atoms with Crippen LogP contribution in [0.15, 0.2) is 22.7 Å². The Bertz CT molecular complexity index is 474. The van der Waals surface area contributed by atoms with E-state index in [1.165, 1.54) is 19.9 Å². The quantitative estimate of drug-likeness (QED) is 0.900. The average Bonchev–Trinajstić information content (AvgIpc) is 2.20. The lowest BCUT2D eigenvalue weighted by atomic mass is 10.1. The number of benzene rings is 1. The van der Waals surface area contributed by atoms with Crippen LogP contribution in [0, 0.1) is 0 Å². The molecule has 0 bridgehead atoms. The van der Waals surface area contributed by atoms with Gasteiger partial charge in [0.1, 0.15) is 5.54 Å². The van der Waals surface area contributed by atoms with Crippen LogP contribution in [0.4, 0.5) is 0 Å². The maximum absolute atomic E-state index is 11.9. The molecule has 92 valence electrons. The molecule has 0 aliphatic rings. The molecule has 0 spiro atoms. The molecule has 0 saturated carbocycles. The fourth-order valence-corrected chi connectivity index (χ4v) is 1.64. The fraction of sp³-hybridized carbons (Fsp3) is 0.273. The molecule has 4 nitrogen and oxygen atoms in total. The van der Waals surface area contributed by atoms with E-state index in [2.05, 4.69) is 21.2 Å².